The number of aromatic nitrogens is 4. The first-order valence-electron chi connectivity index (χ1n) is 7.82. The first-order valence-corrected chi connectivity index (χ1v) is 7.82. The Morgan fingerprint density at radius 2 is 1.81 bits per heavy atom. The van der Waals surface area contributed by atoms with Crippen LogP contribution in [0.4, 0.5) is 24.5 Å². The van der Waals surface area contributed by atoms with Crippen LogP contribution in [0.15, 0.2) is 48.5 Å². The van der Waals surface area contributed by atoms with Gasteiger partial charge in [-0.3, -0.25) is 0 Å². The Labute approximate surface area is 147 Å². The van der Waals surface area contributed by atoms with E-state index in [-0.39, 0.29) is 6.54 Å². The number of tetrazole rings is 1. The highest BCUT2D eigenvalue weighted by Crippen LogP contribution is 2.32. The number of alkyl halides is 3. The van der Waals surface area contributed by atoms with Gasteiger partial charge in [-0.2, -0.15) is 18.0 Å². The molecule has 1 heterocycles. The van der Waals surface area contributed by atoms with Crippen LogP contribution < -0.4 is 5.32 Å². The predicted octanol–water partition coefficient (Wildman–Crippen LogP) is 3.48. The Morgan fingerprint density at radius 1 is 1.12 bits per heavy atom. The molecular weight excluding hydrogens is 347 g/mol. The molecule has 26 heavy (non-hydrogen) atoms. The van der Waals surface area contributed by atoms with Gasteiger partial charge in [0.1, 0.15) is 0 Å². The van der Waals surface area contributed by atoms with Gasteiger partial charge in [0.25, 0.3) is 0 Å². The molecule has 2 N–H and O–H groups in total. The lowest BCUT2D eigenvalue weighted by Crippen LogP contribution is -2.14. The van der Waals surface area contributed by atoms with Crippen molar-refractivity contribution in [1.82, 2.24) is 20.2 Å². The summed E-state index contributed by atoms with van der Waals surface area (Å²) >= 11 is 0. The van der Waals surface area contributed by atoms with E-state index in [0.717, 1.165) is 12.1 Å². The van der Waals surface area contributed by atoms with E-state index in [0.29, 0.717) is 22.8 Å². The van der Waals surface area contributed by atoms with Crippen LogP contribution in [-0.2, 0) is 12.7 Å². The van der Waals surface area contributed by atoms with Crippen LogP contribution in [0, 0.1) is 0 Å². The second kappa shape index (κ2) is 7.12. The molecule has 0 radical (unpaired) electrons. The molecule has 0 aliphatic carbocycles. The summed E-state index contributed by atoms with van der Waals surface area (Å²) in [5, 5.41) is 24.5. The first kappa shape index (κ1) is 17.9. The number of aliphatic hydroxyl groups excluding tert-OH is 1. The average molecular weight is 363 g/mol. The van der Waals surface area contributed by atoms with Crippen LogP contribution in [0.5, 0.6) is 0 Å². The maximum absolute atomic E-state index is 12.7. The zero-order valence-electron chi connectivity index (χ0n) is 13.8. The molecule has 1 aromatic heterocycles. The second-order valence-electron chi connectivity index (χ2n) is 5.76. The van der Waals surface area contributed by atoms with Crippen molar-refractivity contribution in [3.05, 3.63) is 54.1 Å². The van der Waals surface area contributed by atoms with Gasteiger partial charge in [-0.25, -0.2) is 0 Å². The van der Waals surface area contributed by atoms with E-state index < -0.39 is 17.8 Å². The number of halogens is 3. The van der Waals surface area contributed by atoms with E-state index in [9.17, 15) is 18.3 Å². The summed E-state index contributed by atoms with van der Waals surface area (Å²) in [5.74, 6) is 0.348. The van der Waals surface area contributed by atoms with E-state index >= 15 is 0 Å². The van der Waals surface area contributed by atoms with Crippen molar-refractivity contribution in [2.24, 2.45) is 0 Å². The number of nitrogens with one attached hydrogen (secondary N) is 1. The minimum absolute atomic E-state index is 0.210. The van der Waals surface area contributed by atoms with Crippen molar-refractivity contribution in [3.63, 3.8) is 0 Å². The smallest absolute Gasteiger partial charge is 0.391 e. The Kier molecular flexibility index (Phi) is 4.90. The molecule has 136 valence electrons. The van der Waals surface area contributed by atoms with Gasteiger partial charge in [0.05, 0.1) is 18.2 Å². The molecular formula is C17H16F3N5O. The third-order valence-electron chi connectivity index (χ3n) is 3.54. The van der Waals surface area contributed by atoms with Crippen molar-refractivity contribution in [2.45, 2.75) is 25.7 Å². The predicted molar refractivity (Wildman–Crippen MR) is 89.7 cm³/mol. The summed E-state index contributed by atoms with van der Waals surface area (Å²) in [4.78, 5) is 1.29. The average Bonchev–Trinajstić information content (AvgIpc) is 3.02. The molecule has 6 nitrogen and oxygen atoms in total. The second-order valence-corrected chi connectivity index (χ2v) is 5.76. The van der Waals surface area contributed by atoms with Crippen LogP contribution in [0.1, 0.15) is 12.5 Å². The molecule has 3 rings (SSSR count). The molecule has 1 atom stereocenters. The Hall–Kier alpha value is -2.94. The third kappa shape index (κ3) is 4.17. The fourth-order valence-corrected chi connectivity index (χ4v) is 2.35. The van der Waals surface area contributed by atoms with Gasteiger partial charge >= 0.3 is 6.18 Å². The Balaban J connectivity index is 1.84. The van der Waals surface area contributed by atoms with Crippen molar-refractivity contribution < 1.29 is 18.3 Å². The minimum atomic E-state index is -4.37. The van der Waals surface area contributed by atoms with Crippen LogP contribution in [0.2, 0.25) is 0 Å². The largest absolute Gasteiger partial charge is 0.416 e. The van der Waals surface area contributed by atoms with E-state index in [4.69, 9.17) is 0 Å². The summed E-state index contributed by atoms with van der Waals surface area (Å²) in [7, 11) is 0. The zero-order valence-corrected chi connectivity index (χ0v) is 13.8. The molecule has 9 heteroatoms. The van der Waals surface area contributed by atoms with Crippen molar-refractivity contribution >= 4 is 11.4 Å². The molecule has 0 amide bonds. The van der Waals surface area contributed by atoms with Gasteiger partial charge in [0.15, 0.2) is 0 Å². The van der Waals surface area contributed by atoms with Gasteiger partial charge in [0, 0.05) is 16.9 Å². The molecule has 0 aliphatic heterocycles. The summed E-state index contributed by atoms with van der Waals surface area (Å²) in [5.41, 5.74) is 1.06. The summed E-state index contributed by atoms with van der Waals surface area (Å²) in [6.07, 6.45) is -4.99. The van der Waals surface area contributed by atoms with E-state index in [1.807, 2.05) is 0 Å². The lowest BCUT2D eigenvalue weighted by atomic mass is 10.1. The lowest BCUT2D eigenvalue weighted by Gasteiger charge is -2.11. The number of rotatable bonds is 5. The van der Waals surface area contributed by atoms with E-state index in [1.165, 1.54) is 16.9 Å². The van der Waals surface area contributed by atoms with Crippen molar-refractivity contribution in [3.8, 4) is 11.4 Å². The molecule has 0 saturated heterocycles. The highest BCUT2D eigenvalue weighted by atomic mass is 19.4. The maximum atomic E-state index is 12.7. The number of hydrogen-bond donors (Lipinski definition) is 2. The lowest BCUT2D eigenvalue weighted by molar-refractivity contribution is -0.137. The summed E-state index contributed by atoms with van der Waals surface area (Å²) in [6.45, 7) is 1.82. The van der Waals surface area contributed by atoms with Gasteiger partial charge < -0.3 is 10.4 Å². The standard InChI is InChI=1S/C17H16F3N5O/c1-11(26)10-25-23-16(22-24-25)14-4-2-3-5-15(14)21-13-8-6-12(7-9-13)17(18,19)20/h2-9,11,21,26H,10H2,1H3. The molecule has 2 aromatic carbocycles. The topological polar surface area (TPSA) is 75.9 Å². The molecule has 0 spiro atoms. The number of nitrogens with zero attached hydrogens (tertiary/aromatic N) is 4. The molecule has 0 aliphatic rings. The maximum Gasteiger partial charge on any atom is 0.416 e. The number of anilines is 2. The summed E-state index contributed by atoms with van der Waals surface area (Å²) in [6, 6.07) is 11.9. The van der Waals surface area contributed by atoms with Gasteiger partial charge in [-0.1, -0.05) is 12.1 Å². The van der Waals surface area contributed by atoms with Gasteiger partial charge in [0.2, 0.25) is 5.82 Å². The Morgan fingerprint density at radius 3 is 2.46 bits per heavy atom. The first-order chi connectivity index (χ1) is 12.3. The van der Waals surface area contributed by atoms with Gasteiger partial charge in [-0.15, -0.1) is 10.2 Å². The molecule has 0 bridgehead atoms. The minimum Gasteiger partial charge on any atom is -0.391 e. The van der Waals surface area contributed by atoms with E-state index in [1.54, 1.807) is 31.2 Å². The van der Waals surface area contributed by atoms with E-state index in [2.05, 4.69) is 20.7 Å². The zero-order chi connectivity index (χ0) is 18.7. The highest BCUT2D eigenvalue weighted by Gasteiger charge is 2.29. The van der Waals surface area contributed by atoms with Gasteiger partial charge in [-0.05, 0) is 48.5 Å². The molecule has 1 unspecified atom stereocenters. The monoisotopic (exact) mass is 363 g/mol. The highest BCUT2D eigenvalue weighted by molar-refractivity contribution is 5.77. The number of para-hydroxylation sites is 1. The number of hydrogen-bond acceptors (Lipinski definition) is 5. The Bertz CT molecular complexity index is 875. The summed E-state index contributed by atoms with van der Waals surface area (Å²) < 4.78 is 38.0. The van der Waals surface area contributed by atoms with Crippen molar-refractivity contribution in [1.29, 1.82) is 0 Å². The molecule has 0 fully saturated rings. The van der Waals surface area contributed by atoms with Crippen LogP contribution in [0.3, 0.4) is 0 Å². The molecule has 3 aromatic rings. The normalized spacial score (nSPS) is 12.8. The fourth-order valence-electron chi connectivity index (χ4n) is 2.35. The quantitative estimate of drug-likeness (QED) is 0.726. The fraction of sp³-hybridized carbons (Fsp3) is 0.235. The molecule has 0 saturated carbocycles. The van der Waals surface area contributed by atoms with Crippen LogP contribution in [-0.4, -0.2) is 31.4 Å². The van der Waals surface area contributed by atoms with Crippen LogP contribution in [0.25, 0.3) is 11.4 Å². The number of benzene rings is 2. The van der Waals surface area contributed by atoms with Crippen LogP contribution >= 0.6 is 0 Å². The third-order valence-corrected chi connectivity index (χ3v) is 3.54. The van der Waals surface area contributed by atoms with Crippen molar-refractivity contribution in [2.75, 3.05) is 5.32 Å². The SMILES string of the molecule is CC(O)Cn1nnc(-c2ccccc2Nc2ccc(C(F)(F)F)cc2)n1. The number of aliphatic hydroxyl groups is 1.